The summed E-state index contributed by atoms with van der Waals surface area (Å²) in [6.45, 7) is 7.00. The number of carbonyl (C=O) groups excluding carboxylic acids is 2. The molecule has 0 aliphatic carbocycles. The van der Waals surface area contributed by atoms with Crippen molar-refractivity contribution in [1.29, 1.82) is 0 Å². The molecule has 2 amide bonds. The molecule has 108 valence electrons. The fourth-order valence-electron chi connectivity index (χ4n) is 2.58. The first-order valence-corrected chi connectivity index (χ1v) is 7.01. The number of carbonyl (C=O) groups is 2. The van der Waals surface area contributed by atoms with Crippen molar-refractivity contribution in [2.75, 3.05) is 6.54 Å². The van der Waals surface area contributed by atoms with Gasteiger partial charge in [0, 0.05) is 12.1 Å². The molecule has 2 rings (SSSR count). The number of primary amides is 1. The maximum absolute atomic E-state index is 12.4. The molecule has 1 aliphatic rings. The van der Waals surface area contributed by atoms with Gasteiger partial charge in [-0.2, -0.15) is 0 Å². The summed E-state index contributed by atoms with van der Waals surface area (Å²) in [4.78, 5) is 25.4. The molecule has 2 N–H and O–H groups in total. The Kier molecular flexibility index (Phi) is 3.84. The van der Waals surface area contributed by atoms with Crippen LogP contribution in [-0.2, 0) is 10.2 Å². The van der Waals surface area contributed by atoms with Gasteiger partial charge in [-0.3, -0.25) is 9.59 Å². The molecule has 1 aromatic rings. The molecule has 4 heteroatoms. The van der Waals surface area contributed by atoms with Gasteiger partial charge in [-0.05, 0) is 36.0 Å². The minimum atomic E-state index is -0.454. The quantitative estimate of drug-likeness (QED) is 0.897. The van der Waals surface area contributed by atoms with Gasteiger partial charge in [0.15, 0.2) is 0 Å². The highest BCUT2D eigenvalue weighted by atomic mass is 16.2. The topological polar surface area (TPSA) is 63.4 Å². The summed E-state index contributed by atoms with van der Waals surface area (Å²) in [5.41, 5.74) is 7.21. The minimum absolute atomic E-state index is 0.0605. The van der Waals surface area contributed by atoms with Gasteiger partial charge in [-0.15, -0.1) is 0 Å². The molecule has 1 fully saturated rings. The largest absolute Gasteiger partial charge is 0.368 e. The summed E-state index contributed by atoms with van der Waals surface area (Å²) in [5, 5.41) is 0. The molecule has 1 saturated heterocycles. The number of hydrogen-bond acceptors (Lipinski definition) is 2. The van der Waals surface area contributed by atoms with Crippen LogP contribution in [0.25, 0.3) is 0 Å². The Balaban J connectivity index is 2.19. The van der Waals surface area contributed by atoms with E-state index in [9.17, 15) is 9.59 Å². The molecule has 1 aromatic carbocycles. The van der Waals surface area contributed by atoms with Crippen molar-refractivity contribution in [3.8, 4) is 0 Å². The van der Waals surface area contributed by atoms with Crippen LogP contribution in [0.1, 0.15) is 49.5 Å². The van der Waals surface area contributed by atoms with Crippen molar-refractivity contribution in [2.45, 2.75) is 45.1 Å². The molecule has 0 spiro atoms. The van der Waals surface area contributed by atoms with E-state index in [0.717, 1.165) is 6.42 Å². The second-order valence-electron chi connectivity index (χ2n) is 6.39. The molecular weight excluding hydrogens is 252 g/mol. The summed E-state index contributed by atoms with van der Waals surface area (Å²) in [7, 11) is 0. The molecule has 1 unspecified atom stereocenters. The third kappa shape index (κ3) is 2.84. The molecule has 0 saturated carbocycles. The average Bonchev–Trinajstić information content (AvgIpc) is 2.86. The number of benzene rings is 1. The Hall–Kier alpha value is -1.84. The Morgan fingerprint density at radius 3 is 2.30 bits per heavy atom. The molecule has 4 nitrogen and oxygen atoms in total. The van der Waals surface area contributed by atoms with E-state index in [2.05, 4.69) is 20.8 Å². The highest BCUT2D eigenvalue weighted by Gasteiger charge is 2.33. The van der Waals surface area contributed by atoms with E-state index in [1.54, 1.807) is 4.90 Å². The van der Waals surface area contributed by atoms with E-state index >= 15 is 0 Å². The van der Waals surface area contributed by atoms with Crippen molar-refractivity contribution in [3.63, 3.8) is 0 Å². The van der Waals surface area contributed by atoms with Gasteiger partial charge in [0.1, 0.15) is 6.04 Å². The zero-order chi connectivity index (χ0) is 14.9. The molecule has 0 aromatic heterocycles. The van der Waals surface area contributed by atoms with Crippen molar-refractivity contribution in [1.82, 2.24) is 4.90 Å². The molecule has 0 bridgehead atoms. The monoisotopic (exact) mass is 274 g/mol. The highest BCUT2D eigenvalue weighted by molar-refractivity contribution is 5.97. The van der Waals surface area contributed by atoms with Gasteiger partial charge >= 0.3 is 0 Å². The van der Waals surface area contributed by atoms with Gasteiger partial charge in [0.05, 0.1) is 0 Å². The zero-order valence-corrected chi connectivity index (χ0v) is 12.3. The van der Waals surface area contributed by atoms with Crippen molar-refractivity contribution < 1.29 is 9.59 Å². The van der Waals surface area contributed by atoms with Crippen molar-refractivity contribution in [3.05, 3.63) is 35.4 Å². The van der Waals surface area contributed by atoms with E-state index in [4.69, 9.17) is 5.73 Å². The standard InChI is InChI=1S/C16H22N2O2/c1-16(2,3)12-8-6-11(7-9-12)15(20)18-10-4-5-13(18)14(17)19/h6-9,13H,4-5,10H2,1-3H3,(H2,17,19). The number of rotatable bonds is 2. The lowest BCUT2D eigenvalue weighted by Gasteiger charge is -2.23. The Morgan fingerprint density at radius 2 is 1.80 bits per heavy atom. The third-order valence-corrected chi connectivity index (χ3v) is 3.84. The van der Waals surface area contributed by atoms with E-state index in [0.29, 0.717) is 18.5 Å². The van der Waals surface area contributed by atoms with Gasteiger partial charge in [0.2, 0.25) is 5.91 Å². The predicted octanol–water partition coefficient (Wildman–Crippen LogP) is 2.07. The summed E-state index contributed by atoms with van der Waals surface area (Å²) in [6, 6.07) is 7.16. The normalized spacial score (nSPS) is 19.1. The van der Waals surface area contributed by atoms with Gasteiger partial charge in [-0.1, -0.05) is 32.9 Å². The summed E-state index contributed by atoms with van der Waals surface area (Å²) >= 11 is 0. The van der Waals surface area contributed by atoms with Gasteiger partial charge < -0.3 is 10.6 Å². The fraction of sp³-hybridized carbons (Fsp3) is 0.500. The molecule has 1 heterocycles. The van der Waals surface area contributed by atoms with Crippen LogP contribution in [0.4, 0.5) is 0 Å². The second kappa shape index (κ2) is 5.27. The van der Waals surface area contributed by atoms with Crippen LogP contribution in [0.3, 0.4) is 0 Å². The first kappa shape index (κ1) is 14.6. The lowest BCUT2D eigenvalue weighted by atomic mass is 9.86. The molecule has 1 aliphatic heterocycles. The smallest absolute Gasteiger partial charge is 0.254 e. The number of nitrogens with zero attached hydrogens (tertiary/aromatic N) is 1. The van der Waals surface area contributed by atoms with Crippen molar-refractivity contribution >= 4 is 11.8 Å². The Bertz CT molecular complexity index is 514. The summed E-state index contributed by atoms with van der Waals surface area (Å²) in [5.74, 6) is -0.520. The molecular formula is C16H22N2O2. The maximum atomic E-state index is 12.4. The van der Waals surface area contributed by atoms with Gasteiger partial charge in [-0.25, -0.2) is 0 Å². The van der Waals surface area contributed by atoms with Gasteiger partial charge in [0.25, 0.3) is 5.91 Å². The van der Waals surface area contributed by atoms with Crippen LogP contribution in [0, 0.1) is 0 Å². The third-order valence-electron chi connectivity index (χ3n) is 3.84. The van der Waals surface area contributed by atoms with E-state index in [1.807, 2.05) is 24.3 Å². The first-order valence-electron chi connectivity index (χ1n) is 7.01. The second-order valence-corrected chi connectivity index (χ2v) is 6.39. The van der Waals surface area contributed by atoms with Crippen LogP contribution in [0.2, 0.25) is 0 Å². The van der Waals surface area contributed by atoms with Crippen LogP contribution >= 0.6 is 0 Å². The van der Waals surface area contributed by atoms with E-state index in [1.165, 1.54) is 5.56 Å². The minimum Gasteiger partial charge on any atom is -0.368 e. The van der Waals surface area contributed by atoms with Crippen LogP contribution < -0.4 is 5.73 Å². The summed E-state index contributed by atoms with van der Waals surface area (Å²) < 4.78 is 0. The molecule has 0 radical (unpaired) electrons. The maximum Gasteiger partial charge on any atom is 0.254 e. The molecule has 20 heavy (non-hydrogen) atoms. The summed E-state index contributed by atoms with van der Waals surface area (Å²) in [6.07, 6.45) is 1.50. The van der Waals surface area contributed by atoms with E-state index in [-0.39, 0.29) is 11.3 Å². The lowest BCUT2D eigenvalue weighted by Crippen LogP contribution is -2.43. The zero-order valence-electron chi connectivity index (χ0n) is 12.3. The van der Waals surface area contributed by atoms with Crippen LogP contribution in [0.15, 0.2) is 24.3 Å². The Labute approximate surface area is 119 Å². The number of nitrogens with two attached hydrogens (primary N) is 1. The number of hydrogen-bond donors (Lipinski definition) is 1. The van der Waals surface area contributed by atoms with Crippen LogP contribution in [-0.4, -0.2) is 29.3 Å². The van der Waals surface area contributed by atoms with E-state index < -0.39 is 11.9 Å². The lowest BCUT2D eigenvalue weighted by molar-refractivity contribution is -0.121. The average molecular weight is 274 g/mol. The Morgan fingerprint density at radius 1 is 1.20 bits per heavy atom. The first-order chi connectivity index (χ1) is 9.30. The highest BCUT2D eigenvalue weighted by Crippen LogP contribution is 2.24. The predicted molar refractivity (Wildman–Crippen MR) is 78.4 cm³/mol. The number of amides is 2. The number of likely N-dealkylation sites (tertiary alicyclic amines) is 1. The van der Waals surface area contributed by atoms with Crippen LogP contribution in [0.5, 0.6) is 0 Å². The SMILES string of the molecule is CC(C)(C)c1ccc(C(=O)N2CCCC2C(N)=O)cc1. The van der Waals surface area contributed by atoms with Crippen molar-refractivity contribution in [2.24, 2.45) is 5.73 Å². The fourth-order valence-corrected chi connectivity index (χ4v) is 2.58. The molecule has 1 atom stereocenters.